The number of nitrogens with zero attached hydrogens (tertiary/aromatic N) is 2. The molecule has 9 nitrogen and oxygen atoms in total. The van der Waals surface area contributed by atoms with E-state index in [0.29, 0.717) is 58.1 Å². The van der Waals surface area contributed by atoms with Gasteiger partial charge in [0.25, 0.3) is 11.8 Å². The Balaban J connectivity index is 1.43. The first kappa shape index (κ1) is 23.9. The summed E-state index contributed by atoms with van der Waals surface area (Å²) in [5.74, 6) is 0.0148. The van der Waals surface area contributed by atoms with Gasteiger partial charge in [-0.3, -0.25) is 9.59 Å². The van der Waals surface area contributed by atoms with Crippen LogP contribution in [0.3, 0.4) is 0 Å². The number of thiocarbonyl (C=S) groups is 1. The van der Waals surface area contributed by atoms with Crippen molar-refractivity contribution in [3.05, 3.63) is 58.5 Å². The summed E-state index contributed by atoms with van der Waals surface area (Å²) in [7, 11) is -3.66. The topological polar surface area (TPSA) is 105 Å². The Bertz CT molecular complexity index is 1350. The Hall–Kier alpha value is -2.77. The molecule has 2 amide bonds. The summed E-state index contributed by atoms with van der Waals surface area (Å²) in [6, 6.07) is 11.9. The molecule has 0 radical (unpaired) electrons. The van der Waals surface area contributed by atoms with E-state index in [1.165, 1.54) is 16.1 Å². The first-order chi connectivity index (χ1) is 16.8. The highest BCUT2D eigenvalue weighted by Gasteiger charge is 2.29. The normalized spacial score (nSPS) is 20.1. The van der Waals surface area contributed by atoms with Crippen molar-refractivity contribution in [1.29, 1.82) is 0 Å². The highest BCUT2D eigenvalue weighted by molar-refractivity contribution is 8.26. The summed E-state index contributed by atoms with van der Waals surface area (Å²) in [6.45, 7) is 1.39. The lowest BCUT2D eigenvalue weighted by Gasteiger charge is -2.30. The number of carbonyl (C=O) groups excluding carboxylic acids is 2. The van der Waals surface area contributed by atoms with Crippen LogP contribution in [0.2, 0.25) is 0 Å². The summed E-state index contributed by atoms with van der Waals surface area (Å²) in [4.78, 5) is 27.0. The minimum absolute atomic E-state index is 0.119. The molecule has 0 unspecified atom stereocenters. The number of anilines is 1. The van der Waals surface area contributed by atoms with Gasteiger partial charge in [-0.2, -0.15) is 4.31 Å². The van der Waals surface area contributed by atoms with Crippen molar-refractivity contribution in [3.8, 4) is 5.75 Å². The highest BCUT2D eigenvalue weighted by Crippen LogP contribution is 2.36. The van der Waals surface area contributed by atoms with Crippen molar-refractivity contribution in [2.24, 2.45) is 0 Å². The van der Waals surface area contributed by atoms with E-state index in [1.807, 2.05) is 0 Å². The molecule has 35 heavy (non-hydrogen) atoms. The van der Waals surface area contributed by atoms with E-state index in [2.05, 4.69) is 5.32 Å². The second kappa shape index (κ2) is 9.70. The van der Waals surface area contributed by atoms with Crippen LogP contribution in [0.15, 0.2) is 52.3 Å². The van der Waals surface area contributed by atoms with Crippen LogP contribution in [0.1, 0.15) is 11.1 Å². The lowest BCUT2D eigenvalue weighted by molar-refractivity contribution is -0.121. The van der Waals surface area contributed by atoms with Gasteiger partial charge in [-0.1, -0.05) is 42.2 Å². The maximum Gasteiger partial charge on any atom is 0.265 e. The second-order valence-electron chi connectivity index (χ2n) is 8.01. The molecule has 0 aromatic heterocycles. The van der Waals surface area contributed by atoms with Crippen molar-refractivity contribution in [2.45, 2.75) is 11.4 Å². The zero-order chi connectivity index (χ0) is 24.6. The maximum absolute atomic E-state index is 13.1. The first-order valence-corrected chi connectivity index (χ1v) is 13.5. The predicted octanol–water partition coefficient (Wildman–Crippen LogP) is 2.12. The molecule has 0 spiro atoms. The van der Waals surface area contributed by atoms with E-state index in [1.54, 1.807) is 53.4 Å². The van der Waals surface area contributed by atoms with Gasteiger partial charge < -0.3 is 19.7 Å². The van der Waals surface area contributed by atoms with Gasteiger partial charge in [0.15, 0.2) is 6.61 Å². The van der Waals surface area contributed by atoms with Crippen LogP contribution < -0.4 is 15.0 Å². The molecule has 3 aliphatic rings. The summed E-state index contributed by atoms with van der Waals surface area (Å²) < 4.78 is 38.8. The van der Waals surface area contributed by atoms with E-state index >= 15 is 0 Å². The number of rotatable bonds is 5. The summed E-state index contributed by atoms with van der Waals surface area (Å²) in [6.07, 6.45) is 1.70. The molecule has 2 saturated heterocycles. The molecule has 0 saturated carbocycles. The molecule has 2 aromatic rings. The quantitative estimate of drug-likeness (QED) is 0.462. The van der Waals surface area contributed by atoms with E-state index < -0.39 is 10.0 Å². The fraction of sp³-hybridized carbons (Fsp3) is 0.261. The van der Waals surface area contributed by atoms with Crippen molar-refractivity contribution in [2.75, 3.05) is 37.8 Å². The van der Waals surface area contributed by atoms with Crippen molar-refractivity contribution < 1.29 is 27.5 Å². The van der Waals surface area contributed by atoms with Crippen molar-refractivity contribution >= 4 is 61.9 Å². The number of carbonyl (C=O) groups is 2. The van der Waals surface area contributed by atoms with Crippen LogP contribution in [-0.4, -0.2) is 61.8 Å². The molecule has 2 fully saturated rings. The number of thioether (sulfide) groups is 1. The highest BCUT2D eigenvalue weighted by atomic mass is 32.2. The van der Waals surface area contributed by atoms with Crippen molar-refractivity contribution in [1.82, 2.24) is 9.62 Å². The third-order valence-corrected chi connectivity index (χ3v) is 8.77. The number of hydrogen-bond donors (Lipinski definition) is 1. The van der Waals surface area contributed by atoms with Crippen LogP contribution in [0.25, 0.3) is 6.08 Å². The summed E-state index contributed by atoms with van der Waals surface area (Å²) in [5, 5.41) is 2.58. The van der Waals surface area contributed by atoms with Gasteiger partial charge in [0, 0.05) is 13.1 Å². The number of fused-ring (bicyclic) bond motifs is 1. The maximum atomic E-state index is 13.1. The molecule has 3 aliphatic heterocycles. The molecule has 0 bridgehead atoms. The lowest BCUT2D eigenvalue weighted by Crippen LogP contribution is -2.40. The smallest absolute Gasteiger partial charge is 0.265 e. The van der Waals surface area contributed by atoms with Crippen LogP contribution in [0.4, 0.5) is 5.69 Å². The molecule has 2 aromatic carbocycles. The molecule has 182 valence electrons. The van der Waals surface area contributed by atoms with E-state index in [9.17, 15) is 18.0 Å². The zero-order valence-corrected chi connectivity index (χ0v) is 20.9. The largest absolute Gasteiger partial charge is 0.482 e. The predicted molar refractivity (Wildman–Crippen MR) is 135 cm³/mol. The standard InChI is InChI=1S/C23H21N3O6S3/c27-21-14-32-19-5-4-15(12-20-22(28)24-23(33)34-20)11-18(19)26(21)13-16-2-1-3-17(10-16)35(29,30)25-6-8-31-9-7-25/h1-5,10-12H,6-9,13-14H2,(H,24,28,33)/b20-12+. The first-order valence-electron chi connectivity index (χ1n) is 10.8. The van der Waals surface area contributed by atoms with Gasteiger partial charge in [0.2, 0.25) is 10.0 Å². The van der Waals surface area contributed by atoms with Crippen LogP contribution in [0, 0.1) is 0 Å². The minimum atomic E-state index is -3.66. The number of morpholine rings is 1. The van der Waals surface area contributed by atoms with Crippen molar-refractivity contribution in [3.63, 3.8) is 0 Å². The average molecular weight is 532 g/mol. The average Bonchev–Trinajstić information content (AvgIpc) is 3.18. The number of benzene rings is 2. The summed E-state index contributed by atoms with van der Waals surface area (Å²) >= 11 is 6.21. The third-order valence-electron chi connectivity index (χ3n) is 5.71. The molecule has 5 rings (SSSR count). The van der Waals surface area contributed by atoms with Gasteiger partial charge in [0.1, 0.15) is 10.1 Å². The monoisotopic (exact) mass is 531 g/mol. The van der Waals surface area contributed by atoms with Gasteiger partial charge >= 0.3 is 0 Å². The van der Waals surface area contributed by atoms with E-state index in [0.717, 1.165) is 0 Å². The van der Waals surface area contributed by atoms with E-state index in [4.69, 9.17) is 21.7 Å². The Morgan fingerprint density at radius 3 is 2.66 bits per heavy atom. The molecule has 12 heteroatoms. The van der Waals surface area contributed by atoms with Gasteiger partial charge in [-0.15, -0.1) is 0 Å². The molecule has 0 aliphatic carbocycles. The molecular formula is C23H21N3O6S3. The number of nitrogens with one attached hydrogen (secondary N) is 1. The van der Waals surface area contributed by atoms with E-state index in [-0.39, 0.29) is 29.9 Å². The molecular weight excluding hydrogens is 510 g/mol. The Morgan fingerprint density at radius 2 is 1.91 bits per heavy atom. The second-order valence-corrected chi connectivity index (χ2v) is 11.7. The number of sulfonamides is 1. The fourth-order valence-corrected chi connectivity index (χ4v) is 6.50. The van der Waals surface area contributed by atoms with Crippen LogP contribution in [0.5, 0.6) is 5.75 Å². The lowest BCUT2D eigenvalue weighted by atomic mass is 10.1. The van der Waals surface area contributed by atoms with Gasteiger partial charge in [-0.25, -0.2) is 8.42 Å². The Labute approximate surface area is 212 Å². The zero-order valence-electron chi connectivity index (χ0n) is 18.4. The Morgan fingerprint density at radius 1 is 1.11 bits per heavy atom. The van der Waals surface area contributed by atoms with Gasteiger partial charge in [0.05, 0.1) is 35.2 Å². The summed E-state index contributed by atoms with van der Waals surface area (Å²) in [5.41, 5.74) is 1.92. The Kier molecular flexibility index (Phi) is 6.64. The number of ether oxygens (including phenoxy) is 2. The fourth-order valence-electron chi connectivity index (χ4n) is 3.98. The SMILES string of the molecule is O=C1NC(=S)S/C1=C/c1ccc2c(c1)N(Cc1cccc(S(=O)(=O)N3CCOCC3)c1)C(=O)CO2. The van der Waals surface area contributed by atoms with Gasteiger partial charge in [-0.05, 0) is 41.5 Å². The molecule has 1 N–H and O–H groups in total. The number of amides is 2. The van der Waals surface area contributed by atoms with Crippen LogP contribution in [-0.2, 0) is 30.9 Å². The molecule has 0 atom stereocenters. The third kappa shape index (κ3) is 4.98. The minimum Gasteiger partial charge on any atom is -0.482 e. The number of hydrogen-bond acceptors (Lipinski definition) is 8. The van der Waals surface area contributed by atoms with Crippen LogP contribution >= 0.6 is 24.0 Å². The molecule has 3 heterocycles.